The number of hydrogen-bond donors (Lipinski definition) is 0. The molecule has 1 atom stereocenters. The molecule has 0 aromatic heterocycles. The molecule has 0 saturated heterocycles. The van der Waals surface area contributed by atoms with Crippen LogP contribution in [0.2, 0.25) is 0 Å². The van der Waals surface area contributed by atoms with E-state index in [9.17, 15) is 0 Å². The minimum absolute atomic E-state index is 0.00358. The molecule has 74 heavy (non-hydrogen) atoms. The molecule has 9 aromatic carbocycles. The van der Waals surface area contributed by atoms with Crippen LogP contribution in [0.4, 0.5) is 0 Å². The topological polar surface area (TPSA) is 0 Å². The molecule has 364 valence electrons. The average Bonchev–Trinajstić information content (AvgIpc) is 4.13. The van der Waals surface area contributed by atoms with Crippen LogP contribution in [0.15, 0.2) is 164 Å². The van der Waals surface area contributed by atoms with Gasteiger partial charge in [-0.1, -0.05) is 241 Å². The van der Waals surface area contributed by atoms with Crippen LogP contribution in [-0.4, -0.2) is 0 Å². The first kappa shape index (κ1) is 45.6. The quantitative estimate of drug-likeness (QED) is 0.154. The smallest absolute Gasteiger partial charge is 0.0343 e. The van der Waals surface area contributed by atoms with Gasteiger partial charge in [-0.25, -0.2) is 0 Å². The van der Waals surface area contributed by atoms with Gasteiger partial charge < -0.3 is 0 Å². The maximum atomic E-state index is 2.66. The van der Waals surface area contributed by atoms with Gasteiger partial charge in [0.1, 0.15) is 0 Å². The maximum Gasteiger partial charge on any atom is 0.0343 e. The summed E-state index contributed by atoms with van der Waals surface area (Å²) in [6.45, 7) is 29.3. The first-order valence-electron chi connectivity index (χ1n) is 27.5. The maximum absolute atomic E-state index is 2.66. The predicted octanol–water partition coefficient (Wildman–Crippen LogP) is 19.2. The van der Waals surface area contributed by atoms with E-state index in [4.69, 9.17) is 0 Å². The summed E-state index contributed by atoms with van der Waals surface area (Å²) < 4.78 is 0. The molecule has 0 saturated carbocycles. The van der Waals surface area contributed by atoms with Gasteiger partial charge in [-0.05, 0) is 180 Å². The molecular formula is C74H68. The molecule has 0 heterocycles. The van der Waals surface area contributed by atoms with Gasteiger partial charge in [0.2, 0.25) is 0 Å². The number of fused-ring (bicyclic) bond motifs is 19. The Balaban J connectivity index is 0.984. The van der Waals surface area contributed by atoms with Gasteiger partial charge >= 0.3 is 0 Å². The fraction of sp³-hybridized carbons (Fsp3) is 0.270. The Hall–Kier alpha value is -7.02. The van der Waals surface area contributed by atoms with Crippen LogP contribution >= 0.6 is 0 Å². The highest BCUT2D eigenvalue weighted by Gasteiger charge is 2.50. The number of hydrogen-bond acceptors (Lipinski definition) is 0. The molecule has 5 aliphatic carbocycles. The van der Waals surface area contributed by atoms with Crippen molar-refractivity contribution in [1.29, 1.82) is 0 Å². The van der Waals surface area contributed by atoms with Crippen molar-refractivity contribution in [2.24, 2.45) is 0 Å². The lowest BCUT2D eigenvalue weighted by Gasteiger charge is -2.32. The summed E-state index contributed by atoms with van der Waals surface area (Å²) >= 11 is 0. The van der Waals surface area contributed by atoms with E-state index in [1.54, 1.807) is 0 Å². The van der Waals surface area contributed by atoms with Crippen molar-refractivity contribution < 1.29 is 0 Å². The first-order chi connectivity index (χ1) is 35.3. The Kier molecular flexibility index (Phi) is 9.28. The average molecular weight is 957 g/mol. The van der Waals surface area contributed by atoms with Gasteiger partial charge in [0.25, 0.3) is 0 Å². The summed E-state index contributed by atoms with van der Waals surface area (Å²) in [7, 11) is 0. The van der Waals surface area contributed by atoms with E-state index in [1.807, 2.05) is 0 Å². The summed E-state index contributed by atoms with van der Waals surface area (Å²) in [5.41, 5.74) is 38.1. The molecule has 14 rings (SSSR count). The third-order valence-corrected chi connectivity index (χ3v) is 18.9. The molecule has 0 aliphatic heterocycles. The van der Waals surface area contributed by atoms with Crippen LogP contribution in [0, 0.1) is 0 Å². The Morgan fingerprint density at radius 2 is 0.797 bits per heavy atom. The monoisotopic (exact) mass is 957 g/mol. The molecule has 0 amide bonds. The Morgan fingerprint density at radius 1 is 0.338 bits per heavy atom. The van der Waals surface area contributed by atoms with Gasteiger partial charge in [0.15, 0.2) is 0 Å². The van der Waals surface area contributed by atoms with Gasteiger partial charge in [0.05, 0.1) is 0 Å². The molecule has 0 radical (unpaired) electrons. The standard InChI is InChI=1S/C74H68/c1-70(2,3)56-30-20-17-27-48(56)53-41-61-66(63-46-25-15-13-23-42(46)37-54(53)63)52-36-34-44(39-59(52)72(61,7)8)62(49-28-18-21-31-57(49)71(4,5)6)45-33-35-51-60(40-45)74(11,12)68-65(51)55-38-43-24-14-16-26-47(43)64(55)67-50-29-19-22-32-58(50)73(9,10)69(67)68/h13-36,39-41,62H,37-38H2,1-12H3. The number of rotatable bonds is 4. The van der Waals surface area contributed by atoms with Crippen LogP contribution in [0.5, 0.6) is 0 Å². The van der Waals surface area contributed by atoms with Crippen LogP contribution in [-0.2, 0) is 39.9 Å². The number of benzene rings is 9. The molecule has 0 nitrogen and oxygen atoms in total. The normalized spacial score (nSPS) is 16.5. The molecule has 0 fully saturated rings. The second-order valence-corrected chi connectivity index (χ2v) is 26.3. The van der Waals surface area contributed by atoms with Gasteiger partial charge in [-0.2, -0.15) is 0 Å². The lowest BCUT2D eigenvalue weighted by molar-refractivity contribution is 0.580. The SMILES string of the molecule is CC(C)(C)c1ccccc1-c1cc2c(c3c1Cc1ccccc1-3)-c1ccc(C(c3ccc4c(c3)C(C)(C)c3c-4c4c(c5c3C(C)(C)c3ccccc3-5)-c3ccccc3C4)c3ccccc3C(C)(C)C)cc1C2(C)C. The van der Waals surface area contributed by atoms with E-state index in [1.165, 1.54) is 150 Å². The fourth-order valence-electron chi connectivity index (χ4n) is 15.5. The van der Waals surface area contributed by atoms with Gasteiger partial charge in [0, 0.05) is 22.2 Å². The minimum Gasteiger partial charge on any atom is -0.0620 e. The van der Waals surface area contributed by atoms with Crippen molar-refractivity contribution in [2.45, 2.75) is 129 Å². The van der Waals surface area contributed by atoms with Crippen molar-refractivity contribution in [3.8, 4) is 66.8 Å². The van der Waals surface area contributed by atoms with Crippen LogP contribution in [0.25, 0.3) is 66.8 Å². The van der Waals surface area contributed by atoms with Crippen molar-refractivity contribution in [3.05, 3.63) is 247 Å². The highest BCUT2D eigenvalue weighted by Crippen LogP contribution is 2.65. The second-order valence-electron chi connectivity index (χ2n) is 26.3. The first-order valence-corrected chi connectivity index (χ1v) is 27.5. The molecule has 1 unspecified atom stereocenters. The molecule has 0 bridgehead atoms. The Bertz CT molecular complexity index is 3940. The molecule has 9 aromatic rings. The van der Waals surface area contributed by atoms with Crippen LogP contribution < -0.4 is 0 Å². The Morgan fingerprint density at radius 3 is 1.43 bits per heavy atom. The van der Waals surface area contributed by atoms with Crippen LogP contribution in [0.1, 0.15) is 172 Å². The van der Waals surface area contributed by atoms with Crippen molar-refractivity contribution in [1.82, 2.24) is 0 Å². The van der Waals surface area contributed by atoms with E-state index in [2.05, 4.69) is 247 Å². The van der Waals surface area contributed by atoms with E-state index >= 15 is 0 Å². The molecule has 5 aliphatic rings. The molecular weight excluding hydrogens is 889 g/mol. The molecule has 0 heteroatoms. The van der Waals surface area contributed by atoms with Crippen molar-refractivity contribution in [2.75, 3.05) is 0 Å². The zero-order chi connectivity index (χ0) is 51.2. The van der Waals surface area contributed by atoms with E-state index in [0.717, 1.165) is 12.8 Å². The van der Waals surface area contributed by atoms with E-state index in [-0.39, 0.29) is 33.0 Å². The summed E-state index contributed by atoms with van der Waals surface area (Å²) in [6, 6.07) is 64.3. The lowest BCUT2D eigenvalue weighted by Crippen LogP contribution is -2.25. The third-order valence-electron chi connectivity index (χ3n) is 18.9. The highest BCUT2D eigenvalue weighted by atomic mass is 14.5. The van der Waals surface area contributed by atoms with Crippen LogP contribution in [0.3, 0.4) is 0 Å². The van der Waals surface area contributed by atoms with Gasteiger partial charge in [-0.3, -0.25) is 0 Å². The largest absolute Gasteiger partial charge is 0.0620 e. The van der Waals surface area contributed by atoms with E-state index in [0.29, 0.717) is 0 Å². The minimum atomic E-state index is -0.239. The summed E-state index contributed by atoms with van der Waals surface area (Å²) in [5, 5.41) is 0. The lowest BCUT2D eigenvalue weighted by atomic mass is 9.70. The van der Waals surface area contributed by atoms with Crippen molar-refractivity contribution >= 4 is 0 Å². The molecule has 0 spiro atoms. The van der Waals surface area contributed by atoms with Crippen molar-refractivity contribution in [3.63, 3.8) is 0 Å². The molecule has 0 N–H and O–H groups in total. The fourth-order valence-corrected chi connectivity index (χ4v) is 15.5. The third kappa shape index (κ3) is 6.03. The zero-order valence-corrected chi connectivity index (χ0v) is 45.6. The Labute approximate surface area is 440 Å². The predicted molar refractivity (Wildman–Crippen MR) is 312 cm³/mol. The summed E-state index contributed by atoms with van der Waals surface area (Å²) in [6.07, 6.45) is 1.92. The zero-order valence-electron chi connectivity index (χ0n) is 45.6. The highest BCUT2D eigenvalue weighted by molar-refractivity contribution is 6.05. The second kappa shape index (κ2) is 15.1. The summed E-state index contributed by atoms with van der Waals surface area (Å²) in [4.78, 5) is 0. The van der Waals surface area contributed by atoms with E-state index < -0.39 is 0 Å². The summed E-state index contributed by atoms with van der Waals surface area (Å²) in [5.74, 6) is 0.0158. The van der Waals surface area contributed by atoms with Gasteiger partial charge in [-0.15, -0.1) is 0 Å².